The van der Waals surface area contributed by atoms with E-state index in [0.717, 1.165) is 16.6 Å². The van der Waals surface area contributed by atoms with Gasteiger partial charge in [-0.3, -0.25) is 18.9 Å². The second-order valence-electron chi connectivity index (χ2n) is 8.13. The fourth-order valence-electron chi connectivity index (χ4n) is 3.44. The predicted octanol–water partition coefficient (Wildman–Crippen LogP) is 2.62. The fourth-order valence-corrected chi connectivity index (χ4v) is 4.44. The van der Waals surface area contributed by atoms with E-state index in [1.165, 1.54) is 18.8 Å². The molecule has 0 fully saturated rings. The van der Waals surface area contributed by atoms with Gasteiger partial charge in [0, 0.05) is 43.7 Å². The van der Waals surface area contributed by atoms with Crippen molar-refractivity contribution >= 4 is 22.8 Å². The van der Waals surface area contributed by atoms with Crippen molar-refractivity contribution in [3.8, 4) is 11.4 Å². The van der Waals surface area contributed by atoms with E-state index in [-0.39, 0.29) is 17.2 Å². The Labute approximate surface area is 194 Å². The lowest BCUT2D eigenvalue weighted by molar-refractivity contribution is 0.378. The van der Waals surface area contributed by atoms with Crippen LogP contribution in [0.2, 0.25) is 0 Å². The first-order chi connectivity index (χ1) is 15.8. The number of pyridine rings is 1. The highest BCUT2D eigenvalue weighted by Crippen LogP contribution is 2.24. The van der Waals surface area contributed by atoms with Gasteiger partial charge >= 0.3 is 5.69 Å². The quantitative estimate of drug-likeness (QED) is 0.219. The monoisotopic (exact) mass is 467 g/mol. The zero-order chi connectivity index (χ0) is 23.5. The summed E-state index contributed by atoms with van der Waals surface area (Å²) < 4.78 is 8.05. The summed E-state index contributed by atoms with van der Waals surface area (Å²) in [6.07, 6.45) is 4.71. The van der Waals surface area contributed by atoms with Gasteiger partial charge in [-0.25, -0.2) is 14.8 Å². The van der Waals surface area contributed by atoms with Gasteiger partial charge in [0.2, 0.25) is 11.7 Å². The van der Waals surface area contributed by atoms with Crippen LogP contribution in [-0.2, 0) is 20.0 Å². The highest BCUT2D eigenvalue weighted by Gasteiger charge is 2.18. The number of aryl methyl sites for hydroxylation is 2. The summed E-state index contributed by atoms with van der Waals surface area (Å²) in [6, 6.07) is 3.65. The topological polar surface area (TPSA) is 122 Å². The summed E-state index contributed by atoms with van der Waals surface area (Å²) in [5.74, 6) is 2.51. The normalized spacial score (nSPS) is 11.5. The third kappa shape index (κ3) is 4.87. The molecule has 0 aromatic carbocycles. The lowest BCUT2D eigenvalue weighted by Gasteiger charge is -2.15. The van der Waals surface area contributed by atoms with E-state index in [1.807, 2.05) is 26.0 Å². The number of nitrogens with zero attached hydrogens (tertiary/aromatic N) is 7. The Bertz CT molecular complexity index is 1390. The van der Waals surface area contributed by atoms with Gasteiger partial charge in [0.25, 0.3) is 5.56 Å². The molecule has 0 amide bonds. The minimum Gasteiger partial charge on any atom is -0.339 e. The molecule has 0 saturated carbocycles. The summed E-state index contributed by atoms with van der Waals surface area (Å²) in [7, 11) is 1.49. The first-order valence-electron chi connectivity index (χ1n) is 10.7. The Morgan fingerprint density at radius 2 is 1.88 bits per heavy atom. The van der Waals surface area contributed by atoms with Gasteiger partial charge in [-0.15, -0.1) is 11.8 Å². The van der Waals surface area contributed by atoms with Gasteiger partial charge < -0.3 is 4.52 Å². The number of hydrogen-bond acceptors (Lipinski definition) is 9. The number of aromatic nitrogens is 7. The van der Waals surface area contributed by atoms with E-state index >= 15 is 0 Å². The highest BCUT2D eigenvalue weighted by molar-refractivity contribution is 7.99. The second kappa shape index (κ2) is 9.65. The maximum atomic E-state index is 12.9. The fraction of sp³-hybridized carbons (Fsp3) is 0.409. The standard InChI is InChI=1S/C22H25N7O3S/c1-13(2)12-29-19-17(21(30)28(4)22(29)31)20(25-14(3)24-19)33-11-5-6-16-26-18(27-32-16)15-7-9-23-10-8-15/h7-10,13H,5-6,11-12H2,1-4H3. The molecule has 33 heavy (non-hydrogen) atoms. The van der Waals surface area contributed by atoms with Crippen molar-refractivity contribution in [3.05, 3.63) is 57.1 Å². The summed E-state index contributed by atoms with van der Waals surface area (Å²) in [4.78, 5) is 43.0. The molecule has 4 aromatic heterocycles. The van der Waals surface area contributed by atoms with E-state index in [2.05, 4.69) is 25.1 Å². The maximum absolute atomic E-state index is 12.9. The first-order valence-corrected chi connectivity index (χ1v) is 11.7. The van der Waals surface area contributed by atoms with E-state index in [4.69, 9.17) is 4.52 Å². The average molecular weight is 468 g/mol. The SMILES string of the molecule is Cc1nc(SCCCc2nc(-c3ccncc3)no2)c2c(=O)n(C)c(=O)n(CC(C)C)c2n1. The number of hydrogen-bond donors (Lipinski definition) is 0. The molecule has 0 radical (unpaired) electrons. The van der Waals surface area contributed by atoms with Crippen molar-refractivity contribution in [3.63, 3.8) is 0 Å². The number of rotatable bonds is 8. The minimum absolute atomic E-state index is 0.223. The molecule has 172 valence electrons. The molecule has 4 aromatic rings. The summed E-state index contributed by atoms with van der Waals surface area (Å²) in [5, 5.41) is 4.98. The molecule has 0 N–H and O–H groups in total. The highest BCUT2D eigenvalue weighted by atomic mass is 32.2. The number of thioether (sulfide) groups is 1. The molecule has 0 bridgehead atoms. The summed E-state index contributed by atoms with van der Waals surface area (Å²) >= 11 is 1.46. The molecule has 0 aliphatic carbocycles. The van der Waals surface area contributed by atoms with Gasteiger partial charge in [0.1, 0.15) is 16.2 Å². The van der Waals surface area contributed by atoms with Crippen molar-refractivity contribution in [1.82, 2.24) is 34.2 Å². The Balaban J connectivity index is 1.53. The Kier molecular flexibility index (Phi) is 6.68. The largest absolute Gasteiger partial charge is 0.339 e. The third-order valence-electron chi connectivity index (χ3n) is 4.99. The van der Waals surface area contributed by atoms with E-state index in [1.54, 1.807) is 23.9 Å². The van der Waals surface area contributed by atoms with Gasteiger partial charge in [-0.05, 0) is 31.4 Å². The van der Waals surface area contributed by atoms with Crippen LogP contribution in [0.15, 0.2) is 43.7 Å². The van der Waals surface area contributed by atoms with Crippen molar-refractivity contribution in [2.75, 3.05) is 5.75 Å². The van der Waals surface area contributed by atoms with Gasteiger partial charge in [-0.2, -0.15) is 4.98 Å². The van der Waals surface area contributed by atoms with Crippen LogP contribution in [0.5, 0.6) is 0 Å². The van der Waals surface area contributed by atoms with E-state index < -0.39 is 0 Å². The Morgan fingerprint density at radius 3 is 2.61 bits per heavy atom. The van der Waals surface area contributed by atoms with Crippen molar-refractivity contribution in [2.24, 2.45) is 13.0 Å². The lowest BCUT2D eigenvalue weighted by Crippen LogP contribution is -2.39. The summed E-state index contributed by atoms with van der Waals surface area (Å²) in [5.41, 5.74) is 0.499. The molecule has 11 heteroatoms. The molecule has 4 heterocycles. The lowest BCUT2D eigenvalue weighted by atomic mass is 10.2. The molecule has 0 aliphatic heterocycles. The second-order valence-corrected chi connectivity index (χ2v) is 9.21. The van der Waals surface area contributed by atoms with Crippen LogP contribution in [0.1, 0.15) is 32.0 Å². The third-order valence-corrected chi connectivity index (χ3v) is 6.05. The Hall–Kier alpha value is -3.34. The van der Waals surface area contributed by atoms with E-state index in [0.29, 0.717) is 52.3 Å². The van der Waals surface area contributed by atoms with Crippen LogP contribution >= 0.6 is 11.8 Å². The van der Waals surface area contributed by atoms with Gasteiger partial charge in [-0.1, -0.05) is 19.0 Å². The summed E-state index contributed by atoms with van der Waals surface area (Å²) in [6.45, 7) is 6.28. The van der Waals surface area contributed by atoms with Crippen LogP contribution in [0.3, 0.4) is 0 Å². The maximum Gasteiger partial charge on any atom is 0.332 e. The minimum atomic E-state index is -0.378. The van der Waals surface area contributed by atoms with Crippen LogP contribution < -0.4 is 11.2 Å². The molecule has 0 unspecified atom stereocenters. The zero-order valence-corrected chi connectivity index (χ0v) is 19.8. The van der Waals surface area contributed by atoms with Crippen molar-refractivity contribution in [1.29, 1.82) is 0 Å². The van der Waals surface area contributed by atoms with Crippen molar-refractivity contribution < 1.29 is 4.52 Å². The predicted molar refractivity (Wildman–Crippen MR) is 125 cm³/mol. The van der Waals surface area contributed by atoms with Crippen LogP contribution in [0.4, 0.5) is 0 Å². The zero-order valence-electron chi connectivity index (χ0n) is 19.0. The van der Waals surface area contributed by atoms with Gasteiger partial charge in [0.15, 0.2) is 5.65 Å². The molecule has 0 saturated heterocycles. The molecule has 0 spiro atoms. The molecule has 0 atom stereocenters. The molecular weight excluding hydrogens is 442 g/mol. The van der Waals surface area contributed by atoms with Gasteiger partial charge in [0.05, 0.1) is 0 Å². The number of fused-ring (bicyclic) bond motifs is 1. The van der Waals surface area contributed by atoms with Crippen molar-refractivity contribution in [2.45, 2.75) is 45.2 Å². The molecule has 0 aliphatic rings. The van der Waals surface area contributed by atoms with Crippen LogP contribution in [-0.4, -0.2) is 40.0 Å². The molecular formula is C22H25N7O3S. The van der Waals surface area contributed by atoms with E-state index in [9.17, 15) is 9.59 Å². The van der Waals surface area contributed by atoms with Crippen LogP contribution in [0.25, 0.3) is 22.4 Å². The molecule has 4 rings (SSSR count). The Morgan fingerprint density at radius 1 is 1.12 bits per heavy atom. The smallest absolute Gasteiger partial charge is 0.332 e. The molecule has 10 nitrogen and oxygen atoms in total. The average Bonchev–Trinajstić information content (AvgIpc) is 3.27. The first kappa shape index (κ1) is 22.8. The van der Waals surface area contributed by atoms with Crippen LogP contribution in [0, 0.1) is 12.8 Å².